The number of nitriles is 1. The van der Waals surface area contributed by atoms with Crippen LogP contribution in [0.15, 0.2) is 35.2 Å². The fourth-order valence-corrected chi connectivity index (χ4v) is 4.74. The second kappa shape index (κ2) is 9.63. The molecule has 3 rings (SSSR count). The highest BCUT2D eigenvalue weighted by Crippen LogP contribution is 2.36. The Morgan fingerprint density at radius 3 is 2.44 bits per heavy atom. The summed E-state index contributed by atoms with van der Waals surface area (Å²) in [7, 11) is -2.34. The van der Waals surface area contributed by atoms with E-state index in [-0.39, 0.29) is 33.7 Å². The van der Waals surface area contributed by atoms with Gasteiger partial charge in [-0.05, 0) is 56.2 Å². The van der Waals surface area contributed by atoms with Crippen molar-refractivity contribution in [2.24, 2.45) is 18.4 Å². The lowest BCUT2D eigenvalue weighted by Gasteiger charge is -2.28. The number of sulfonamides is 1. The van der Waals surface area contributed by atoms with Crippen LogP contribution in [0.4, 0.5) is 5.69 Å². The Hall–Kier alpha value is -3.12. The Morgan fingerprint density at radius 2 is 1.91 bits per heavy atom. The maximum absolute atomic E-state index is 13.3. The average Bonchev–Trinajstić information content (AvgIpc) is 3.08. The van der Waals surface area contributed by atoms with Crippen LogP contribution in [0.2, 0.25) is 0 Å². The molecular weight excluding hydrogens is 450 g/mol. The van der Waals surface area contributed by atoms with Gasteiger partial charge in [0.1, 0.15) is 11.4 Å². The molecule has 0 saturated heterocycles. The number of carbonyl (C=O) groups is 1. The van der Waals surface area contributed by atoms with Crippen LogP contribution >= 0.6 is 0 Å². The van der Waals surface area contributed by atoms with Crippen LogP contribution in [0, 0.1) is 29.6 Å². The smallest absolute Gasteiger partial charge is 0.271 e. The Labute approximate surface area is 202 Å². The number of nitrogens with zero attached hydrogens (tertiary/aromatic N) is 3. The number of rotatable bonds is 6. The van der Waals surface area contributed by atoms with Gasteiger partial charge < -0.3 is 5.32 Å². The molecule has 1 aromatic carbocycles. The minimum atomic E-state index is -3.97. The van der Waals surface area contributed by atoms with Gasteiger partial charge in [0, 0.05) is 13.1 Å². The van der Waals surface area contributed by atoms with E-state index in [4.69, 9.17) is 0 Å². The summed E-state index contributed by atoms with van der Waals surface area (Å²) in [5.74, 6) is -0.479. The van der Waals surface area contributed by atoms with Gasteiger partial charge in [-0.25, -0.2) is 8.42 Å². The topological polar surface area (TPSA) is 117 Å². The molecule has 2 N–H and O–H groups in total. The van der Waals surface area contributed by atoms with E-state index in [0.717, 1.165) is 11.1 Å². The second-order valence-corrected chi connectivity index (χ2v) is 11.7. The van der Waals surface area contributed by atoms with Crippen molar-refractivity contribution in [2.45, 2.75) is 64.8 Å². The molecule has 1 aliphatic rings. The molecule has 0 radical (unpaired) electrons. The van der Waals surface area contributed by atoms with E-state index in [1.54, 1.807) is 19.2 Å². The predicted molar refractivity (Wildman–Crippen MR) is 133 cm³/mol. The average molecular weight is 484 g/mol. The van der Waals surface area contributed by atoms with Gasteiger partial charge in [0.2, 0.25) is 0 Å². The summed E-state index contributed by atoms with van der Waals surface area (Å²) in [4.78, 5) is 13.4. The molecule has 0 aliphatic heterocycles. The van der Waals surface area contributed by atoms with Gasteiger partial charge in [0.15, 0.2) is 5.69 Å². The summed E-state index contributed by atoms with van der Waals surface area (Å²) >= 11 is 0. The quantitative estimate of drug-likeness (QED) is 0.631. The van der Waals surface area contributed by atoms with Crippen LogP contribution in [-0.2, 0) is 17.1 Å². The molecule has 34 heavy (non-hydrogen) atoms. The van der Waals surface area contributed by atoms with Crippen LogP contribution in [0.5, 0.6) is 0 Å². The number of benzene rings is 1. The van der Waals surface area contributed by atoms with Crippen molar-refractivity contribution in [1.29, 1.82) is 5.26 Å². The Bertz CT molecular complexity index is 1250. The maximum atomic E-state index is 13.3. The summed E-state index contributed by atoms with van der Waals surface area (Å²) < 4.78 is 30.6. The third-order valence-corrected chi connectivity index (χ3v) is 7.74. The minimum Gasteiger partial charge on any atom is -0.348 e. The lowest BCUT2D eigenvalue weighted by Crippen LogP contribution is -2.42. The number of hydrogen-bond donors (Lipinski definition) is 2. The number of carbonyl (C=O) groups excluding carboxylic acids is 1. The minimum absolute atomic E-state index is 0.0735. The summed E-state index contributed by atoms with van der Waals surface area (Å²) in [5.41, 5.74) is 2.30. The predicted octanol–water partition coefficient (Wildman–Crippen LogP) is 4.40. The number of nitrogens with one attached hydrogen (secondary N) is 2. The first-order valence-corrected chi connectivity index (χ1v) is 12.9. The maximum Gasteiger partial charge on any atom is 0.271 e. The van der Waals surface area contributed by atoms with Crippen molar-refractivity contribution in [3.8, 4) is 6.07 Å². The van der Waals surface area contributed by atoms with Gasteiger partial charge in [-0.1, -0.05) is 44.5 Å². The van der Waals surface area contributed by atoms with Crippen LogP contribution in [0.1, 0.15) is 68.7 Å². The number of hydrogen-bond acceptors (Lipinski definition) is 5. The van der Waals surface area contributed by atoms with Gasteiger partial charge in [0.05, 0.1) is 16.9 Å². The zero-order valence-electron chi connectivity index (χ0n) is 20.6. The fourth-order valence-electron chi connectivity index (χ4n) is 3.66. The number of amides is 1. The van der Waals surface area contributed by atoms with Crippen LogP contribution < -0.4 is 10.0 Å². The summed E-state index contributed by atoms with van der Waals surface area (Å²) in [6, 6.07) is 8.64. The SMILES string of the molecule is Cc1ccc(S(=O)(=O)Nc2c(C3=CCC(C#N)CC3)nn(C)c2C(=O)NC(C)C(C)(C)C)cc1. The fraction of sp³-hybridized carbons (Fsp3) is 0.480. The molecule has 0 bridgehead atoms. The Kier molecular flexibility index (Phi) is 7.22. The van der Waals surface area contributed by atoms with Gasteiger partial charge in [-0.3, -0.25) is 14.2 Å². The van der Waals surface area contributed by atoms with E-state index in [9.17, 15) is 18.5 Å². The van der Waals surface area contributed by atoms with Crippen LogP contribution in [0.25, 0.3) is 5.57 Å². The van der Waals surface area contributed by atoms with Crippen LogP contribution in [-0.4, -0.2) is 30.1 Å². The molecule has 0 spiro atoms. The van der Waals surface area contributed by atoms with Gasteiger partial charge in [-0.2, -0.15) is 10.4 Å². The molecule has 0 fully saturated rings. The molecule has 1 amide bonds. The van der Waals surface area contributed by atoms with E-state index in [1.165, 1.54) is 16.8 Å². The number of allylic oxidation sites excluding steroid dienone is 2. The second-order valence-electron chi connectivity index (χ2n) is 10.0. The zero-order chi connectivity index (χ0) is 25.3. The number of aryl methyl sites for hydroxylation is 2. The summed E-state index contributed by atoms with van der Waals surface area (Å²) in [6.07, 6.45) is 3.72. The summed E-state index contributed by atoms with van der Waals surface area (Å²) in [6.45, 7) is 9.85. The monoisotopic (exact) mass is 483 g/mol. The van der Waals surface area contributed by atoms with Gasteiger partial charge >= 0.3 is 0 Å². The highest BCUT2D eigenvalue weighted by atomic mass is 32.2. The van der Waals surface area contributed by atoms with Gasteiger partial charge in [-0.15, -0.1) is 0 Å². The summed E-state index contributed by atoms with van der Waals surface area (Å²) in [5, 5.41) is 16.8. The molecule has 9 heteroatoms. The Morgan fingerprint density at radius 1 is 1.26 bits per heavy atom. The van der Waals surface area contributed by atoms with E-state index < -0.39 is 15.9 Å². The molecular formula is C25H33N5O3S. The molecule has 2 unspecified atom stereocenters. The van der Waals surface area contributed by atoms with Crippen molar-refractivity contribution in [2.75, 3.05) is 4.72 Å². The lowest BCUT2D eigenvalue weighted by atomic mass is 9.88. The number of aromatic nitrogens is 2. The largest absolute Gasteiger partial charge is 0.348 e. The highest BCUT2D eigenvalue weighted by Gasteiger charge is 2.31. The first-order valence-electron chi connectivity index (χ1n) is 11.4. The standard InChI is InChI=1S/C25H33N5O3S/c1-16-7-13-20(14-8-16)34(32,33)29-22-21(19-11-9-18(15-26)10-12-19)28-30(6)23(22)24(31)27-17(2)25(3,4)5/h7-8,11,13-14,17-18,29H,9-10,12H2,1-6H3,(H,27,31). The van der Waals surface area contributed by atoms with Gasteiger partial charge in [0.25, 0.3) is 15.9 Å². The number of anilines is 1. The third kappa shape index (κ3) is 5.50. The van der Waals surface area contributed by atoms with E-state index in [1.807, 2.05) is 40.7 Å². The third-order valence-electron chi connectivity index (χ3n) is 6.37. The van der Waals surface area contributed by atoms with E-state index in [2.05, 4.69) is 21.2 Å². The Balaban J connectivity index is 2.08. The molecule has 2 aromatic rings. The lowest BCUT2D eigenvalue weighted by molar-refractivity contribution is 0.0901. The van der Waals surface area contributed by atoms with E-state index >= 15 is 0 Å². The first kappa shape index (κ1) is 25.5. The van der Waals surface area contributed by atoms with E-state index in [0.29, 0.717) is 25.0 Å². The van der Waals surface area contributed by atoms with Crippen molar-refractivity contribution in [3.05, 3.63) is 47.3 Å². The molecule has 1 aliphatic carbocycles. The van der Waals surface area contributed by atoms with Crippen molar-refractivity contribution in [3.63, 3.8) is 0 Å². The molecule has 8 nitrogen and oxygen atoms in total. The van der Waals surface area contributed by atoms with Crippen molar-refractivity contribution < 1.29 is 13.2 Å². The first-order chi connectivity index (χ1) is 15.8. The van der Waals surface area contributed by atoms with Crippen molar-refractivity contribution in [1.82, 2.24) is 15.1 Å². The molecule has 1 aromatic heterocycles. The zero-order valence-corrected chi connectivity index (χ0v) is 21.5. The molecule has 0 saturated carbocycles. The molecule has 1 heterocycles. The highest BCUT2D eigenvalue weighted by molar-refractivity contribution is 7.92. The van der Waals surface area contributed by atoms with Crippen LogP contribution in [0.3, 0.4) is 0 Å². The normalized spacial score (nSPS) is 17.4. The molecule has 182 valence electrons. The van der Waals surface area contributed by atoms with Crippen molar-refractivity contribution >= 4 is 27.2 Å². The molecule has 2 atom stereocenters.